The summed E-state index contributed by atoms with van der Waals surface area (Å²) < 4.78 is 5.07. The predicted molar refractivity (Wildman–Crippen MR) is 125 cm³/mol. The maximum Gasteiger partial charge on any atom is 0.321 e. The van der Waals surface area contributed by atoms with Crippen LogP contribution in [-0.4, -0.2) is 47.0 Å². The molecule has 3 aromatic rings. The van der Waals surface area contributed by atoms with Gasteiger partial charge in [-0.2, -0.15) is 0 Å². The smallest absolute Gasteiger partial charge is 0.321 e. The van der Waals surface area contributed by atoms with E-state index in [1.165, 1.54) is 28.1 Å². The Morgan fingerprint density at radius 3 is 2.61 bits per heavy atom. The van der Waals surface area contributed by atoms with Crippen molar-refractivity contribution in [1.82, 2.24) is 20.4 Å². The third-order valence-electron chi connectivity index (χ3n) is 4.99. The van der Waals surface area contributed by atoms with Crippen LogP contribution in [0.5, 0.6) is 0 Å². The third-order valence-corrected chi connectivity index (χ3v) is 5.80. The molecule has 2 heterocycles. The highest BCUT2D eigenvalue weighted by atomic mass is 32.1. The molecule has 0 unspecified atom stereocenters. The number of nitrogens with one attached hydrogen (secondary N) is 2. The van der Waals surface area contributed by atoms with Crippen LogP contribution in [0.25, 0.3) is 0 Å². The zero-order valence-electron chi connectivity index (χ0n) is 19.1. The Labute approximate surface area is 195 Å². The zero-order valence-corrected chi connectivity index (χ0v) is 19.9. The Balaban J connectivity index is 1.53. The Morgan fingerprint density at radius 2 is 1.94 bits per heavy atom. The van der Waals surface area contributed by atoms with Crippen LogP contribution in [0.1, 0.15) is 40.0 Å². The van der Waals surface area contributed by atoms with Crippen molar-refractivity contribution >= 4 is 40.0 Å². The number of hydrogen-bond donors (Lipinski definition) is 2. The molecule has 10 nitrogen and oxygen atoms in total. The minimum Gasteiger partial charge on any atom is -0.361 e. The van der Waals surface area contributed by atoms with Gasteiger partial charge in [-0.25, -0.2) is 9.78 Å². The molecule has 0 aliphatic rings. The lowest BCUT2D eigenvalue weighted by atomic mass is 10.2. The van der Waals surface area contributed by atoms with E-state index in [9.17, 15) is 14.4 Å². The fourth-order valence-corrected chi connectivity index (χ4v) is 3.81. The van der Waals surface area contributed by atoms with Crippen molar-refractivity contribution in [2.75, 3.05) is 24.3 Å². The molecule has 4 amide bonds. The molecular weight excluding hydrogens is 444 g/mol. The van der Waals surface area contributed by atoms with E-state index in [1.54, 1.807) is 33.3 Å². The summed E-state index contributed by atoms with van der Waals surface area (Å²) in [5, 5.41) is 11.5. The van der Waals surface area contributed by atoms with E-state index in [0.29, 0.717) is 34.4 Å². The van der Waals surface area contributed by atoms with E-state index in [4.69, 9.17) is 4.52 Å². The van der Waals surface area contributed by atoms with Gasteiger partial charge < -0.3 is 19.6 Å². The number of anilines is 2. The molecule has 0 saturated heterocycles. The normalized spacial score (nSPS) is 10.6. The third kappa shape index (κ3) is 5.95. The van der Waals surface area contributed by atoms with Crippen LogP contribution in [0.2, 0.25) is 0 Å². The van der Waals surface area contributed by atoms with Gasteiger partial charge in [0.1, 0.15) is 11.3 Å². The molecule has 0 fully saturated rings. The Hall–Kier alpha value is -3.73. The Bertz CT molecular complexity index is 1150. The number of thiazole rings is 1. The van der Waals surface area contributed by atoms with Crippen molar-refractivity contribution in [3.63, 3.8) is 0 Å². The van der Waals surface area contributed by atoms with Crippen molar-refractivity contribution < 1.29 is 18.9 Å². The van der Waals surface area contributed by atoms with Crippen LogP contribution < -0.4 is 15.5 Å². The molecule has 0 saturated carbocycles. The van der Waals surface area contributed by atoms with Gasteiger partial charge >= 0.3 is 6.03 Å². The van der Waals surface area contributed by atoms with Crippen LogP contribution in [0.4, 0.5) is 15.6 Å². The Morgan fingerprint density at radius 1 is 1.18 bits per heavy atom. The monoisotopic (exact) mass is 470 g/mol. The van der Waals surface area contributed by atoms with Crippen LogP contribution in [0, 0.1) is 13.8 Å². The minimum atomic E-state index is -0.402. The standard InChI is InChI=1S/C22H26N6O4S/c1-13-19(14(2)32-26-13)20(30)27(4)11-17-12-33-22(24-17)25-21(31)23-10-16-7-6-8-18(9-16)28(5)15(3)29/h6-9,12H,10-11H2,1-5H3,(H2,23,24,25,31). The van der Waals surface area contributed by atoms with Crippen LogP contribution in [-0.2, 0) is 17.9 Å². The van der Waals surface area contributed by atoms with Crippen LogP contribution in [0.3, 0.4) is 0 Å². The van der Waals surface area contributed by atoms with Crippen molar-refractivity contribution in [2.24, 2.45) is 0 Å². The number of aromatic nitrogens is 2. The van der Waals surface area contributed by atoms with Gasteiger partial charge in [-0.3, -0.25) is 14.9 Å². The van der Waals surface area contributed by atoms with E-state index in [1.807, 2.05) is 24.3 Å². The molecule has 0 aliphatic carbocycles. The lowest BCUT2D eigenvalue weighted by Gasteiger charge is -2.16. The average molecular weight is 471 g/mol. The first-order valence-electron chi connectivity index (χ1n) is 10.2. The van der Waals surface area contributed by atoms with Gasteiger partial charge in [-0.05, 0) is 31.5 Å². The first-order valence-corrected chi connectivity index (χ1v) is 11.0. The van der Waals surface area contributed by atoms with Gasteiger partial charge in [0.05, 0.1) is 17.9 Å². The maximum absolute atomic E-state index is 12.7. The molecule has 2 aromatic heterocycles. The first-order chi connectivity index (χ1) is 15.7. The van der Waals surface area contributed by atoms with Gasteiger partial charge in [0.25, 0.3) is 5.91 Å². The summed E-state index contributed by atoms with van der Waals surface area (Å²) in [7, 11) is 3.37. The summed E-state index contributed by atoms with van der Waals surface area (Å²) in [5.74, 6) is 0.195. The predicted octanol–water partition coefficient (Wildman–Crippen LogP) is 3.32. The van der Waals surface area contributed by atoms with Crippen LogP contribution >= 0.6 is 11.3 Å². The number of rotatable bonds is 7. The summed E-state index contributed by atoms with van der Waals surface area (Å²) in [6.45, 7) is 5.48. The number of nitrogens with zero attached hydrogens (tertiary/aromatic N) is 4. The van der Waals surface area contributed by atoms with Gasteiger partial charge in [-0.15, -0.1) is 11.3 Å². The van der Waals surface area contributed by atoms with Crippen molar-refractivity contribution in [3.8, 4) is 0 Å². The molecule has 1 aromatic carbocycles. The highest BCUT2D eigenvalue weighted by Crippen LogP contribution is 2.19. The summed E-state index contributed by atoms with van der Waals surface area (Å²) >= 11 is 1.27. The summed E-state index contributed by atoms with van der Waals surface area (Å²) in [5.41, 5.74) is 3.25. The molecule has 0 aliphatic heterocycles. The van der Waals surface area contributed by atoms with Gasteiger partial charge in [0.2, 0.25) is 5.91 Å². The number of amides is 4. The van der Waals surface area contributed by atoms with E-state index < -0.39 is 6.03 Å². The van der Waals surface area contributed by atoms with E-state index in [2.05, 4.69) is 20.8 Å². The fraction of sp³-hybridized carbons (Fsp3) is 0.318. The van der Waals surface area contributed by atoms with E-state index in [-0.39, 0.29) is 18.4 Å². The van der Waals surface area contributed by atoms with Gasteiger partial charge in [0.15, 0.2) is 5.13 Å². The molecule has 0 spiro atoms. The Kier molecular flexibility index (Phi) is 7.44. The van der Waals surface area contributed by atoms with Crippen molar-refractivity contribution in [3.05, 3.63) is 57.9 Å². The molecular formula is C22H26N6O4S. The van der Waals surface area contributed by atoms with Crippen LogP contribution in [0.15, 0.2) is 34.2 Å². The molecule has 11 heteroatoms. The van der Waals surface area contributed by atoms with Gasteiger partial charge in [0, 0.05) is 38.6 Å². The highest BCUT2D eigenvalue weighted by Gasteiger charge is 2.21. The molecule has 0 atom stereocenters. The average Bonchev–Trinajstić information content (AvgIpc) is 3.36. The second kappa shape index (κ2) is 10.3. The van der Waals surface area contributed by atoms with Gasteiger partial charge in [-0.1, -0.05) is 17.3 Å². The lowest BCUT2D eigenvalue weighted by Crippen LogP contribution is -2.29. The number of hydrogen-bond acceptors (Lipinski definition) is 7. The van der Waals surface area contributed by atoms with Crippen molar-refractivity contribution in [2.45, 2.75) is 33.9 Å². The lowest BCUT2D eigenvalue weighted by molar-refractivity contribution is -0.116. The number of urea groups is 1. The van der Waals surface area contributed by atoms with E-state index in [0.717, 1.165) is 11.3 Å². The first kappa shape index (κ1) is 23.9. The number of carbonyl (C=O) groups excluding carboxylic acids is 3. The summed E-state index contributed by atoms with van der Waals surface area (Å²) in [6, 6.07) is 6.97. The molecule has 0 radical (unpaired) electrons. The molecule has 3 rings (SSSR count). The molecule has 2 N–H and O–H groups in total. The topological polar surface area (TPSA) is 121 Å². The minimum absolute atomic E-state index is 0.0727. The van der Waals surface area contributed by atoms with Crippen molar-refractivity contribution in [1.29, 1.82) is 0 Å². The SMILES string of the molecule is CC(=O)N(C)c1cccc(CNC(=O)Nc2nc(CN(C)C(=O)c3c(C)noc3C)cs2)c1. The largest absolute Gasteiger partial charge is 0.361 e. The molecule has 0 bridgehead atoms. The second-order valence-corrected chi connectivity index (χ2v) is 8.42. The second-order valence-electron chi connectivity index (χ2n) is 7.56. The maximum atomic E-state index is 12.7. The molecule has 174 valence electrons. The highest BCUT2D eigenvalue weighted by molar-refractivity contribution is 7.13. The van der Waals surface area contributed by atoms with E-state index >= 15 is 0 Å². The zero-order chi connectivity index (χ0) is 24.1. The number of carbonyl (C=O) groups is 3. The number of aryl methyl sites for hydroxylation is 2. The fourth-order valence-electron chi connectivity index (χ4n) is 3.11. The quantitative estimate of drug-likeness (QED) is 0.546. The summed E-state index contributed by atoms with van der Waals surface area (Å²) in [4.78, 5) is 43.9. The number of benzene rings is 1. The molecule has 33 heavy (non-hydrogen) atoms. The summed E-state index contributed by atoms with van der Waals surface area (Å²) in [6.07, 6.45) is 0.